The molecule has 0 amide bonds. The van der Waals surface area contributed by atoms with Crippen LogP contribution in [0.15, 0.2) is 0 Å². The second kappa shape index (κ2) is 6.31. The number of aliphatic hydroxyl groups is 1. The summed E-state index contributed by atoms with van der Waals surface area (Å²) in [5, 5.41) is 11.6. The zero-order valence-electron chi connectivity index (χ0n) is 7.21. The molecule has 11 heavy (non-hydrogen) atoms. The quantitative estimate of drug-likeness (QED) is 0.549. The molecule has 3 nitrogen and oxygen atoms in total. The fraction of sp³-hybridized carbons (Fsp3) is 0.875. The van der Waals surface area contributed by atoms with E-state index < -0.39 is 6.04 Å². The van der Waals surface area contributed by atoms with Gasteiger partial charge >= 0.3 is 0 Å². The summed E-state index contributed by atoms with van der Waals surface area (Å²) in [6.45, 7) is 3.99. The first-order valence-corrected chi connectivity index (χ1v) is 4.06. The van der Waals surface area contributed by atoms with Gasteiger partial charge in [0.1, 0.15) is 6.29 Å². The van der Waals surface area contributed by atoms with Crippen molar-refractivity contribution in [1.82, 2.24) is 5.32 Å². The molecule has 3 heteroatoms. The van der Waals surface area contributed by atoms with Gasteiger partial charge in [-0.15, -0.1) is 0 Å². The molecule has 1 unspecified atom stereocenters. The van der Waals surface area contributed by atoms with E-state index in [1.165, 1.54) is 0 Å². The molecule has 0 aliphatic heterocycles. The Bertz CT molecular complexity index is 106. The zero-order chi connectivity index (χ0) is 8.69. The van der Waals surface area contributed by atoms with Crippen molar-refractivity contribution >= 4 is 6.29 Å². The Morgan fingerprint density at radius 1 is 1.64 bits per heavy atom. The van der Waals surface area contributed by atoms with Crippen LogP contribution < -0.4 is 5.32 Å². The minimum atomic E-state index is -0.392. The molecule has 0 aromatic carbocycles. The first-order valence-electron chi connectivity index (χ1n) is 4.06. The second-order valence-corrected chi connectivity index (χ2v) is 2.78. The standard InChI is InChI=1S/C8H17NO2/c1-3-4-7(2)9-8(5-10)6-11/h5,7-9,11H,3-4,6H2,1-2H3/t7?,8-/m1/s1. The van der Waals surface area contributed by atoms with Gasteiger partial charge in [0.05, 0.1) is 12.6 Å². The molecule has 0 bridgehead atoms. The molecule has 2 atom stereocenters. The van der Waals surface area contributed by atoms with Gasteiger partial charge in [-0.1, -0.05) is 13.3 Å². The zero-order valence-corrected chi connectivity index (χ0v) is 7.21. The highest BCUT2D eigenvalue weighted by molar-refractivity contribution is 5.57. The molecule has 2 N–H and O–H groups in total. The molecule has 0 rings (SSSR count). The van der Waals surface area contributed by atoms with Crippen LogP contribution in [0.5, 0.6) is 0 Å². The number of hydrogen-bond donors (Lipinski definition) is 2. The monoisotopic (exact) mass is 159 g/mol. The summed E-state index contributed by atoms with van der Waals surface area (Å²) in [5.74, 6) is 0. The Kier molecular flexibility index (Phi) is 6.07. The lowest BCUT2D eigenvalue weighted by Crippen LogP contribution is -2.39. The lowest BCUT2D eigenvalue weighted by Gasteiger charge is -2.16. The Hall–Kier alpha value is -0.410. The van der Waals surface area contributed by atoms with Crippen molar-refractivity contribution in [3.05, 3.63) is 0 Å². The van der Waals surface area contributed by atoms with Crippen molar-refractivity contribution in [3.8, 4) is 0 Å². The molecular weight excluding hydrogens is 142 g/mol. The predicted octanol–water partition coefficient (Wildman–Crippen LogP) is 0.324. The van der Waals surface area contributed by atoms with Crippen LogP contribution in [0.25, 0.3) is 0 Å². The van der Waals surface area contributed by atoms with E-state index in [2.05, 4.69) is 12.2 Å². The maximum Gasteiger partial charge on any atom is 0.139 e. The third-order valence-electron chi connectivity index (χ3n) is 1.58. The molecule has 0 radical (unpaired) electrons. The molecular formula is C8H17NO2. The normalized spacial score (nSPS) is 15.9. The summed E-state index contributed by atoms with van der Waals surface area (Å²) in [5.41, 5.74) is 0. The summed E-state index contributed by atoms with van der Waals surface area (Å²) < 4.78 is 0. The van der Waals surface area contributed by atoms with Crippen LogP contribution >= 0.6 is 0 Å². The summed E-state index contributed by atoms with van der Waals surface area (Å²) in [6, 6.07) is -0.0844. The molecule has 0 aliphatic rings. The van der Waals surface area contributed by atoms with Gasteiger partial charge in [0, 0.05) is 6.04 Å². The lowest BCUT2D eigenvalue weighted by molar-refractivity contribution is -0.110. The van der Waals surface area contributed by atoms with Crippen molar-refractivity contribution in [2.24, 2.45) is 0 Å². The van der Waals surface area contributed by atoms with Crippen LogP contribution in [0.1, 0.15) is 26.7 Å². The average Bonchev–Trinajstić information content (AvgIpc) is 2.01. The molecule has 0 saturated carbocycles. The van der Waals surface area contributed by atoms with Gasteiger partial charge in [-0.2, -0.15) is 0 Å². The highest BCUT2D eigenvalue weighted by Crippen LogP contribution is 1.95. The van der Waals surface area contributed by atoms with Crippen LogP contribution in [0, 0.1) is 0 Å². The van der Waals surface area contributed by atoms with Gasteiger partial charge in [0.2, 0.25) is 0 Å². The van der Waals surface area contributed by atoms with Gasteiger partial charge in [0.25, 0.3) is 0 Å². The maximum absolute atomic E-state index is 10.3. The van der Waals surface area contributed by atoms with Gasteiger partial charge in [0.15, 0.2) is 0 Å². The number of rotatable bonds is 6. The van der Waals surface area contributed by atoms with E-state index in [1.807, 2.05) is 6.92 Å². The first kappa shape index (κ1) is 10.6. The van der Waals surface area contributed by atoms with Gasteiger partial charge < -0.3 is 15.2 Å². The van der Waals surface area contributed by atoms with Crippen molar-refractivity contribution in [2.45, 2.75) is 38.8 Å². The van der Waals surface area contributed by atoms with Crippen LogP contribution in [0.2, 0.25) is 0 Å². The fourth-order valence-electron chi connectivity index (χ4n) is 1.02. The maximum atomic E-state index is 10.3. The van der Waals surface area contributed by atoms with Crippen LogP contribution in [0.4, 0.5) is 0 Å². The van der Waals surface area contributed by atoms with Crippen LogP contribution in [-0.2, 0) is 4.79 Å². The lowest BCUT2D eigenvalue weighted by atomic mass is 10.2. The van der Waals surface area contributed by atoms with E-state index in [1.54, 1.807) is 0 Å². The molecule has 66 valence electrons. The topological polar surface area (TPSA) is 49.3 Å². The number of carbonyl (C=O) groups is 1. The highest BCUT2D eigenvalue weighted by Gasteiger charge is 2.07. The smallest absolute Gasteiger partial charge is 0.139 e. The largest absolute Gasteiger partial charge is 0.394 e. The van der Waals surface area contributed by atoms with E-state index in [0.29, 0.717) is 6.04 Å². The van der Waals surface area contributed by atoms with E-state index in [9.17, 15) is 4.79 Å². The SMILES string of the molecule is CCCC(C)N[C@H](C=O)CO. The summed E-state index contributed by atoms with van der Waals surface area (Å²) >= 11 is 0. The van der Waals surface area contributed by atoms with E-state index in [4.69, 9.17) is 5.11 Å². The van der Waals surface area contributed by atoms with E-state index >= 15 is 0 Å². The summed E-state index contributed by atoms with van der Waals surface area (Å²) in [4.78, 5) is 10.3. The van der Waals surface area contributed by atoms with Crippen molar-refractivity contribution in [1.29, 1.82) is 0 Å². The fourth-order valence-corrected chi connectivity index (χ4v) is 1.02. The van der Waals surface area contributed by atoms with Gasteiger partial charge in [-0.3, -0.25) is 0 Å². The van der Waals surface area contributed by atoms with E-state index in [0.717, 1.165) is 19.1 Å². The molecule has 0 aromatic rings. The third-order valence-corrected chi connectivity index (χ3v) is 1.58. The Labute approximate surface area is 67.8 Å². The molecule has 0 fully saturated rings. The minimum Gasteiger partial charge on any atom is -0.394 e. The first-order chi connectivity index (χ1) is 5.24. The van der Waals surface area contributed by atoms with Crippen LogP contribution in [0.3, 0.4) is 0 Å². The summed E-state index contributed by atoms with van der Waals surface area (Å²) in [6.07, 6.45) is 2.86. The molecule has 0 heterocycles. The average molecular weight is 159 g/mol. The number of nitrogens with one attached hydrogen (secondary N) is 1. The predicted molar refractivity (Wildman–Crippen MR) is 44.4 cm³/mol. The summed E-state index contributed by atoms with van der Waals surface area (Å²) in [7, 11) is 0. The number of hydrogen-bond acceptors (Lipinski definition) is 3. The Morgan fingerprint density at radius 3 is 2.64 bits per heavy atom. The number of aldehydes is 1. The third kappa shape index (κ3) is 4.93. The van der Waals surface area contributed by atoms with Crippen molar-refractivity contribution in [3.63, 3.8) is 0 Å². The van der Waals surface area contributed by atoms with Crippen LogP contribution in [-0.4, -0.2) is 30.1 Å². The van der Waals surface area contributed by atoms with Gasteiger partial charge in [-0.05, 0) is 13.3 Å². The molecule has 0 aromatic heterocycles. The Morgan fingerprint density at radius 2 is 2.27 bits per heavy atom. The number of aliphatic hydroxyl groups excluding tert-OH is 1. The van der Waals surface area contributed by atoms with Crippen molar-refractivity contribution < 1.29 is 9.90 Å². The Balaban J connectivity index is 3.53. The van der Waals surface area contributed by atoms with Gasteiger partial charge in [-0.25, -0.2) is 0 Å². The van der Waals surface area contributed by atoms with Crippen molar-refractivity contribution in [2.75, 3.05) is 6.61 Å². The molecule has 0 aliphatic carbocycles. The minimum absolute atomic E-state index is 0.114. The second-order valence-electron chi connectivity index (χ2n) is 2.78. The molecule has 0 saturated heterocycles. The molecule has 0 spiro atoms. The highest BCUT2D eigenvalue weighted by atomic mass is 16.3. The number of carbonyl (C=O) groups excluding carboxylic acids is 1. The van der Waals surface area contributed by atoms with E-state index in [-0.39, 0.29) is 6.61 Å².